The first kappa shape index (κ1) is 23.2. The van der Waals surface area contributed by atoms with Gasteiger partial charge in [-0.1, -0.05) is 12.5 Å². The van der Waals surface area contributed by atoms with Crippen molar-refractivity contribution >= 4 is 35.7 Å². The number of hydrogen-bond acceptors (Lipinski definition) is 8. The van der Waals surface area contributed by atoms with Gasteiger partial charge in [0.1, 0.15) is 11.7 Å². The van der Waals surface area contributed by atoms with Crippen LogP contribution in [0.15, 0.2) is 65.1 Å². The maximum atomic E-state index is 5.19. The van der Waals surface area contributed by atoms with Gasteiger partial charge in [0.15, 0.2) is 5.65 Å². The number of pyridine rings is 3. The summed E-state index contributed by atoms with van der Waals surface area (Å²) in [5, 5.41) is 11.1. The molecule has 6 rings (SSSR count). The van der Waals surface area contributed by atoms with E-state index in [1.54, 1.807) is 16.9 Å². The molecular weight excluding hydrogens is 464 g/mol. The number of piperazine rings is 1. The Kier molecular flexibility index (Phi) is 6.55. The van der Waals surface area contributed by atoms with E-state index < -0.39 is 0 Å². The predicted octanol–water partition coefficient (Wildman–Crippen LogP) is 3.71. The molecule has 188 valence electrons. The van der Waals surface area contributed by atoms with E-state index >= 15 is 0 Å². The molecule has 0 radical (unpaired) electrons. The third kappa shape index (κ3) is 4.92. The molecule has 10 nitrogen and oxygen atoms in total. The molecule has 2 N–H and O–H groups in total. The van der Waals surface area contributed by atoms with E-state index in [-0.39, 0.29) is 0 Å². The zero-order chi connectivity index (χ0) is 25.0. The lowest BCUT2D eigenvalue weighted by atomic mass is 9.78. The fourth-order valence-electron chi connectivity index (χ4n) is 4.88. The molecule has 1 saturated carbocycles. The maximum absolute atomic E-state index is 5.19. The maximum Gasteiger partial charge on any atom is 0.248 e. The molecule has 0 spiro atoms. The lowest BCUT2D eigenvalue weighted by Crippen LogP contribution is -2.47. The van der Waals surface area contributed by atoms with Crippen LogP contribution in [0, 0.1) is 0 Å². The molecule has 0 bridgehead atoms. The third-order valence-electron chi connectivity index (χ3n) is 7.03. The van der Waals surface area contributed by atoms with Gasteiger partial charge in [0.2, 0.25) is 5.95 Å². The van der Waals surface area contributed by atoms with Crippen molar-refractivity contribution in [3.8, 4) is 0 Å². The predicted molar refractivity (Wildman–Crippen MR) is 145 cm³/mol. The summed E-state index contributed by atoms with van der Waals surface area (Å²) in [5.74, 6) is 2.66. The number of aliphatic imine (C=N–C) groups is 2. The molecule has 2 fully saturated rings. The highest BCUT2D eigenvalue weighted by atomic mass is 15.3. The lowest BCUT2D eigenvalue weighted by molar-refractivity contribution is 0.355. The van der Waals surface area contributed by atoms with Crippen molar-refractivity contribution in [2.75, 3.05) is 31.5 Å². The van der Waals surface area contributed by atoms with Gasteiger partial charge in [-0.05, 0) is 60.9 Å². The number of rotatable bonds is 7. The molecule has 1 aliphatic heterocycles. The number of nitrogens with zero attached hydrogens (tertiary/aromatic N) is 8. The Morgan fingerprint density at radius 3 is 2.84 bits per heavy atom. The molecule has 4 aromatic rings. The van der Waals surface area contributed by atoms with Crippen LogP contribution in [-0.4, -0.2) is 68.2 Å². The Morgan fingerprint density at radius 2 is 2.05 bits per heavy atom. The fraction of sp³-hybridized carbons (Fsp3) is 0.333. The molecule has 1 aliphatic carbocycles. The summed E-state index contributed by atoms with van der Waals surface area (Å²) in [4.78, 5) is 25.4. The van der Waals surface area contributed by atoms with Gasteiger partial charge in [0.25, 0.3) is 0 Å². The Labute approximate surface area is 215 Å². The van der Waals surface area contributed by atoms with E-state index in [1.807, 2.05) is 42.7 Å². The number of amidine groups is 1. The van der Waals surface area contributed by atoms with Crippen molar-refractivity contribution in [2.45, 2.75) is 31.7 Å². The van der Waals surface area contributed by atoms with Gasteiger partial charge in [0, 0.05) is 50.3 Å². The normalized spacial score (nSPS) is 16.5. The van der Waals surface area contributed by atoms with E-state index in [2.05, 4.69) is 47.3 Å². The Bertz CT molecular complexity index is 1400. The topological polar surface area (TPSA) is 108 Å². The van der Waals surface area contributed by atoms with Crippen LogP contribution in [0.5, 0.6) is 0 Å². The second-order valence-corrected chi connectivity index (χ2v) is 9.40. The summed E-state index contributed by atoms with van der Waals surface area (Å²) >= 11 is 0. The van der Waals surface area contributed by atoms with Crippen LogP contribution in [0.1, 0.15) is 41.9 Å². The van der Waals surface area contributed by atoms with Gasteiger partial charge in [-0.25, -0.2) is 9.50 Å². The van der Waals surface area contributed by atoms with Crippen molar-refractivity contribution in [2.24, 2.45) is 9.98 Å². The monoisotopic (exact) mass is 494 g/mol. The van der Waals surface area contributed by atoms with Crippen molar-refractivity contribution in [1.29, 1.82) is 0 Å². The minimum absolute atomic E-state index is 0.504. The molecule has 4 aromatic heterocycles. The summed E-state index contributed by atoms with van der Waals surface area (Å²) in [6, 6.07) is 9.76. The Hall–Kier alpha value is -4.18. The van der Waals surface area contributed by atoms with Crippen molar-refractivity contribution < 1.29 is 0 Å². The van der Waals surface area contributed by atoms with Crippen molar-refractivity contribution in [3.63, 3.8) is 0 Å². The molecule has 10 heteroatoms. The van der Waals surface area contributed by atoms with Crippen LogP contribution < -0.4 is 10.6 Å². The summed E-state index contributed by atoms with van der Waals surface area (Å²) < 4.78 is 1.73. The van der Waals surface area contributed by atoms with E-state index in [4.69, 9.17) is 4.99 Å². The largest absolute Gasteiger partial charge is 0.354 e. The minimum atomic E-state index is 0.504. The van der Waals surface area contributed by atoms with Crippen molar-refractivity contribution in [1.82, 2.24) is 34.8 Å². The zero-order valence-electron chi connectivity index (χ0n) is 20.7. The molecule has 5 heterocycles. The van der Waals surface area contributed by atoms with Gasteiger partial charge in [0.05, 0.1) is 18.4 Å². The minimum Gasteiger partial charge on any atom is -0.354 e. The number of hydrogen-bond donors (Lipinski definition) is 2. The molecule has 2 aliphatic rings. The molecule has 0 aromatic carbocycles. The molecule has 37 heavy (non-hydrogen) atoms. The standard InChI is InChI=1S/C27H30N10/c1-28-22-18-30-17-21(20-5-4-6-20)25(22)26(36-13-10-29-11-14-36)32-16-19-8-9-31-23(15-19)33-27-34-24-7-2-3-12-37(24)35-27/h2-3,7-9,12,15,17-18,20,29H,1,4-6,10-11,13-14,16H2,(H,31,33,35)/b32-26+. The number of fused-ring (bicyclic) bond motifs is 1. The average molecular weight is 495 g/mol. The molecule has 0 atom stereocenters. The van der Waals surface area contributed by atoms with Gasteiger partial charge < -0.3 is 15.5 Å². The van der Waals surface area contributed by atoms with Gasteiger partial charge in [-0.15, -0.1) is 5.10 Å². The highest BCUT2D eigenvalue weighted by molar-refractivity contribution is 6.04. The van der Waals surface area contributed by atoms with E-state index in [1.165, 1.54) is 24.8 Å². The van der Waals surface area contributed by atoms with Crippen LogP contribution >= 0.6 is 0 Å². The summed E-state index contributed by atoms with van der Waals surface area (Å²) in [5.41, 5.74) is 4.94. The van der Waals surface area contributed by atoms with Crippen LogP contribution in [-0.2, 0) is 6.54 Å². The van der Waals surface area contributed by atoms with Crippen molar-refractivity contribution in [3.05, 3.63) is 71.8 Å². The lowest BCUT2D eigenvalue weighted by Gasteiger charge is -2.34. The Balaban J connectivity index is 1.31. The first-order valence-corrected chi connectivity index (χ1v) is 12.8. The second-order valence-electron chi connectivity index (χ2n) is 9.40. The van der Waals surface area contributed by atoms with E-state index in [0.29, 0.717) is 24.2 Å². The van der Waals surface area contributed by atoms with Crippen LogP contribution in [0.4, 0.5) is 17.5 Å². The second kappa shape index (κ2) is 10.4. The highest BCUT2D eigenvalue weighted by Gasteiger charge is 2.28. The van der Waals surface area contributed by atoms with Gasteiger partial charge >= 0.3 is 0 Å². The van der Waals surface area contributed by atoms with Crippen LogP contribution in [0.2, 0.25) is 0 Å². The SMILES string of the molecule is C=Nc1cncc(C2CCC2)c1/C(=N\Cc1ccnc(Nc2nc3ccccn3n2)c1)N1CCNCC1. The number of aromatic nitrogens is 5. The summed E-state index contributed by atoms with van der Waals surface area (Å²) in [7, 11) is 0. The summed E-state index contributed by atoms with van der Waals surface area (Å²) in [6.45, 7) is 7.99. The molecule has 1 saturated heterocycles. The summed E-state index contributed by atoms with van der Waals surface area (Å²) in [6.07, 6.45) is 11.1. The number of anilines is 2. The molecular formula is C27H30N10. The smallest absolute Gasteiger partial charge is 0.248 e. The Morgan fingerprint density at radius 1 is 1.16 bits per heavy atom. The highest BCUT2D eigenvalue weighted by Crippen LogP contribution is 2.40. The van der Waals surface area contributed by atoms with Crippen LogP contribution in [0.25, 0.3) is 5.65 Å². The average Bonchev–Trinajstić information content (AvgIpc) is 3.31. The van der Waals surface area contributed by atoms with Crippen LogP contribution in [0.3, 0.4) is 0 Å². The molecule has 0 unspecified atom stereocenters. The first-order chi connectivity index (χ1) is 18.3. The fourth-order valence-corrected chi connectivity index (χ4v) is 4.88. The van der Waals surface area contributed by atoms with Gasteiger partial charge in [-0.2, -0.15) is 4.98 Å². The van der Waals surface area contributed by atoms with E-state index in [9.17, 15) is 0 Å². The number of nitrogens with one attached hydrogen (secondary N) is 2. The zero-order valence-corrected chi connectivity index (χ0v) is 20.7. The van der Waals surface area contributed by atoms with E-state index in [0.717, 1.165) is 54.5 Å². The molecule has 0 amide bonds. The first-order valence-electron chi connectivity index (χ1n) is 12.8. The third-order valence-corrected chi connectivity index (χ3v) is 7.03. The quantitative estimate of drug-likeness (QED) is 0.298. The van der Waals surface area contributed by atoms with Gasteiger partial charge in [-0.3, -0.25) is 15.0 Å².